The molecule has 0 saturated carbocycles. The number of hydrogen-bond donors (Lipinski definition) is 0. The highest BCUT2D eigenvalue weighted by molar-refractivity contribution is 9.09. The lowest BCUT2D eigenvalue weighted by Crippen LogP contribution is -1.98. The highest BCUT2D eigenvalue weighted by atomic mass is 79.9. The van der Waals surface area contributed by atoms with Crippen LogP contribution in [0.15, 0.2) is 36.4 Å². The summed E-state index contributed by atoms with van der Waals surface area (Å²) in [4.78, 5) is 0. The molecule has 0 amide bonds. The molecule has 2 nitrogen and oxygen atoms in total. The third-order valence-corrected chi connectivity index (χ3v) is 4.66. The van der Waals surface area contributed by atoms with Gasteiger partial charge in [0.05, 0.1) is 13.2 Å². The molecule has 0 aliphatic heterocycles. The van der Waals surface area contributed by atoms with Crippen molar-refractivity contribution in [3.8, 4) is 11.5 Å². The molecule has 2 rings (SSSR count). The Morgan fingerprint density at radius 1 is 0.708 bits per heavy atom. The van der Waals surface area contributed by atoms with Crippen molar-refractivity contribution in [2.24, 2.45) is 0 Å². The monoisotopic (exact) mass is 392 g/mol. The van der Waals surface area contributed by atoms with Gasteiger partial charge in [0.1, 0.15) is 11.5 Å². The first kappa shape index (κ1) is 19.1. The number of fused-ring (bicyclic) bond motifs is 1. The summed E-state index contributed by atoms with van der Waals surface area (Å²) < 4.78 is 11.7. The predicted octanol–water partition coefficient (Wildman–Crippen LogP) is 6.74. The predicted molar refractivity (Wildman–Crippen MR) is 107 cm³/mol. The first-order valence-corrected chi connectivity index (χ1v) is 10.3. The van der Waals surface area contributed by atoms with Crippen LogP contribution in [0.5, 0.6) is 11.5 Å². The molecule has 0 heterocycles. The van der Waals surface area contributed by atoms with Crippen molar-refractivity contribution < 1.29 is 9.47 Å². The van der Waals surface area contributed by atoms with Crippen LogP contribution in [0.25, 0.3) is 10.8 Å². The first-order chi connectivity index (χ1) is 11.8. The Morgan fingerprint density at radius 2 is 1.25 bits per heavy atom. The second-order valence-electron chi connectivity index (χ2n) is 6.18. The molecule has 132 valence electrons. The van der Waals surface area contributed by atoms with Crippen molar-refractivity contribution in [3.05, 3.63) is 36.4 Å². The van der Waals surface area contributed by atoms with Crippen LogP contribution in [0, 0.1) is 0 Å². The number of benzene rings is 2. The van der Waals surface area contributed by atoms with E-state index in [1.807, 2.05) is 6.07 Å². The summed E-state index contributed by atoms with van der Waals surface area (Å²) in [5, 5.41) is 3.43. The van der Waals surface area contributed by atoms with Crippen molar-refractivity contribution in [2.45, 2.75) is 51.9 Å². The standard InChI is InChI=1S/C21H29BrO2/c1-2-3-4-5-7-14-23-20-11-9-19-17-21(12-10-18(19)16-20)24-15-8-6-13-22/h9-12,16-17H,2-8,13-15H2,1H3. The number of hydrogen-bond acceptors (Lipinski definition) is 2. The van der Waals surface area contributed by atoms with Gasteiger partial charge in [0.25, 0.3) is 0 Å². The summed E-state index contributed by atoms with van der Waals surface area (Å²) in [6, 6.07) is 12.6. The van der Waals surface area contributed by atoms with E-state index in [-0.39, 0.29) is 0 Å². The lowest BCUT2D eigenvalue weighted by molar-refractivity contribution is 0.305. The fourth-order valence-electron chi connectivity index (χ4n) is 2.66. The lowest BCUT2D eigenvalue weighted by atomic mass is 10.1. The highest BCUT2D eigenvalue weighted by Crippen LogP contribution is 2.25. The third-order valence-electron chi connectivity index (χ3n) is 4.10. The van der Waals surface area contributed by atoms with Crippen molar-refractivity contribution >= 4 is 26.7 Å². The number of unbranched alkanes of at least 4 members (excludes halogenated alkanes) is 5. The van der Waals surface area contributed by atoms with Crippen LogP contribution in [0.2, 0.25) is 0 Å². The van der Waals surface area contributed by atoms with Crippen LogP contribution < -0.4 is 9.47 Å². The van der Waals surface area contributed by atoms with E-state index in [0.717, 1.165) is 49.3 Å². The van der Waals surface area contributed by atoms with Gasteiger partial charge in [-0.15, -0.1) is 0 Å². The molecule has 2 aromatic rings. The van der Waals surface area contributed by atoms with E-state index in [9.17, 15) is 0 Å². The maximum atomic E-state index is 5.88. The SMILES string of the molecule is CCCCCCCOc1ccc2cc(OCCCCBr)ccc2c1. The summed E-state index contributed by atoms with van der Waals surface area (Å²) in [6.07, 6.45) is 8.55. The van der Waals surface area contributed by atoms with E-state index in [1.165, 1.54) is 36.5 Å². The van der Waals surface area contributed by atoms with E-state index in [4.69, 9.17) is 9.47 Å². The Labute approximate surface area is 154 Å². The summed E-state index contributed by atoms with van der Waals surface area (Å²) in [7, 11) is 0. The molecule has 0 aliphatic carbocycles. The van der Waals surface area contributed by atoms with Gasteiger partial charge in [-0.25, -0.2) is 0 Å². The van der Waals surface area contributed by atoms with Crippen molar-refractivity contribution in [2.75, 3.05) is 18.5 Å². The minimum atomic E-state index is 0.774. The molecular formula is C21H29BrO2. The van der Waals surface area contributed by atoms with Crippen molar-refractivity contribution in [1.29, 1.82) is 0 Å². The highest BCUT2D eigenvalue weighted by Gasteiger charge is 2.01. The van der Waals surface area contributed by atoms with E-state index in [2.05, 4.69) is 53.2 Å². The molecule has 0 spiro atoms. The van der Waals surface area contributed by atoms with E-state index >= 15 is 0 Å². The smallest absolute Gasteiger partial charge is 0.119 e. The quantitative estimate of drug-likeness (QED) is 0.294. The van der Waals surface area contributed by atoms with Crippen LogP contribution >= 0.6 is 15.9 Å². The normalized spacial score (nSPS) is 10.9. The molecule has 3 heteroatoms. The van der Waals surface area contributed by atoms with Crippen LogP contribution in [-0.2, 0) is 0 Å². The van der Waals surface area contributed by atoms with E-state index in [0.29, 0.717) is 0 Å². The molecule has 0 unspecified atom stereocenters. The van der Waals surface area contributed by atoms with Gasteiger partial charge < -0.3 is 9.47 Å². The van der Waals surface area contributed by atoms with Gasteiger partial charge in [0, 0.05) is 5.33 Å². The molecule has 24 heavy (non-hydrogen) atoms. The lowest BCUT2D eigenvalue weighted by Gasteiger charge is -2.09. The number of halogens is 1. The fourth-order valence-corrected chi connectivity index (χ4v) is 3.06. The van der Waals surface area contributed by atoms with Gasteiger partial charge in [0.15, 0.2) is 0 Å². The van der Waals surface area contributed by atoms with Gasteiger partial charge in [-0.2, -0.15) is 0 Å². The fraction of sp³-hybridized carbons (Fsp3) is 0.524. The van der Waals surface area contributed by atoms with Crippen LogP contribution in [0.4, 0.5) is 0 Å². The summed E-state index contributed by atoms with van der Waals surface area (Å²) in [6.45, 7) is 3.83. The van der Waals surface area contributed by atoms with Gasteiger partial charge >= 0.3 is 0 Å². The summed E-state index contributed by atoms with van der Waals surface area (Å²) in [5.41, 5.74) is 0. The van der Waals surface area contributed by atoms with Gasteiger partial charge in [-0.1, -0.05) is 60.7 Å². The molecule has 2 aromatic carbocycles. The molecule has 0 aromatic heterocycles. The number of rotatable bonds is 12. The Morgan fingerprint density at radius 3 is 1.79 bits per heavy atom. The minimum Gasteiger partial charge on any atom is -0.494 e. The van der Waals surface area contributed by atoms with Crippen molar-refractivity contribution in [3.63, 3.8) is 0 Å². The number of alkyl halides is 1. The van der Waals surface area contributed by atoms with Crippen molar-refractivity contribution in [1.82, 2.24) is 0 Å². The largest absolute Gasteiger partial charge is 0.494 e. The Kier molecular flexibility index (Phi) is 9.04. The zero-order valence-corrected chi connectivity index (χ0v) is 16.3. The van der Waals surface area contributed by atoms with Gasteiger partial charge in [-0.3, -0.25) is 0 Å². The molecule has 0 fully saturated rings. The first-order valence-electron chi connectivity index (χ1n) is 9.19. The molecular weight excluding hydrogens is 364 g/mol. The van der Waals surface area contributed by atoms with Crippen LogP contribution in [0.1, 0.15) is 51.9 Å². The van der Waals surface area contributed by atoms with Gasteiger partial charge in [-0.05, 0) is 54.3 Å². The maximum absolute atomic E-state index is 5.88. The molecule has 0 N–H and O–H groups in total. The topological polar surface area (TPSA) is 18.5 Å². The third kappa shape index (κ3) is 6.72. The second-order valence-corrected chi connectivity index (χ2v) is 6.97. The molecule has 0 aliphatic rings. The molecule has 0 atom stereocenters. The maximum Gasteiger partial charge on any atom is 0.119 e. The zero-order chi connectivity index (χ0) is 17.0. The van der Waals surface area contributed by atoms with Crippen LogP contribution in [0.3, 0.4) is 0 Å². The second kappa shape index (κ2) is 11.4. The minimum absolute atomic E-state index is 0.774. The summed E-state index contributed by atoms with van der Waals surface area (Å²) >= 11 is 3.44. The zero-order valence-electron chi connectivity index (χ0n) is 14.7. The number of ether oxygens (including phenoxy) is 2. The van der Waals surface area contributed by atoms with E-state index < -0.39 is 0 Å². The Balaban J connectivity index is 1.82. The molecule has 0 radical (unpaired) electrons. The van der Waals surface area contributed by atoms with E-state index in [1.54, 1.807) is 0 Å². The Bertz CT molecular complexity index is 597. The average molecular weight is 393 g/mol. The van der Waals surface area contributed by atoms with Gasteiger partial charge in [0.2, 0.25) is 0 Å². The molecule has 0 bridgehead atoms. The van der Waals surface area contributed by atoms with Crippen LogP contribution in [-0.4, -0.2) is 18.5 Å². The average Bonchev–Trinajstić information content (AvgIpc) is 2.61. The molecule has 0 saturated heterocycles. The summed E-state index contributed by atoms with van der Waals surface area (Å²) in [5.74, 6) is 1.91. The Hall–Kier alpha value is -1.22.